The molecular weight excluding hydrogens is 283 g/mol. The zero-order valence-corrected chi connectivity index (χ0v) is 11.8. The summed E-state index contributed by atoms with van der Waals surface area (Å²) in [7, 11) is 0. The molecule has 5 heteroatoms. The largest absolute Gasteiger partial charge is 0.366 e. The minimum Gasteiger partial charge on any atom is -0.366 e. The van der Waals surface area contributed by atoms with Crippen LogP contribution in [0.5, 0.6) is 0 Å². The molecule has 22 heavy (non-hydrogen) atoms. The van der Waals surface area contributed by atoms with E-state index in [1.165, 1.54) is 12.1 Å². The molecule has 2 N–H and O–H groups in total. The fraction of sp³-hybridized carbons (Fsp3) is 0.0588. The fourth-order valence-electron chi connectivity index (χ4n) is 2.32. The quantitative estimate of drug-likeness (QED) is 0.803. The summed E-state index contributed by atoms with van der Waals surface area (Å²) in [6.45, 7) is 1.80. The maximum absolute atomic E-state index is 13.1. The smallest absolute Gasteiger partial charge is 0.248 e. The molecule has 1 aromatic heterocycles. The molecule has 4 nitrogen and oxygen atoms in total. The third-order valence-corrected chi connectivity index (χ3v) is 3.44. The maximum Gasteiger partial charge on any atom is 0.248 e. The van der Waals surface area contributed by atoms with E-state index < -0.39 is 5.91 Å². The van der Waals surface area contributed by atoms with Gasteiger partial charge in [-0.2, -0.15) is 0 Å². The number of halogens is 1. The van der Waals surface area contributed by atoms with Gasteiger partial charge >= 0.3 is 0 Å². The Labute approximate surface area is 126 Å². The van der Waals surface area contributed by atoms with E-state index in [1.807, 2.05) is 0 Å². The van der Waals surface area contributed by atoms with Crippen LogP contribution in [0, 0.1) is 12.7 Å². The zero-order valence-electron chi connectivity index (χ0n) is 11.8. The molecular formula is C17H13FN2O2. The molecule has 1 heterocycles. The van der Waals surface area contributed by atoms with Crippen molar-refractivity contribution in [2.45, 2.75) is 6.92 Å². The summed E-state index contributed by atoms with van der Waals surface area (Å²) < 4.78 is 18.3. The number of benzene rings is 2. The topological polar surface area (TPSA) is 69.1 Å². The Kier molecular flexibility index (Phi) is 3.47. The molecule has 0 aliphatic heterocycles. The van der Waals surface area contributed by atoms with Crippen LogP contribution in [0.2, 0.25) is 0 Å². The molecule has 0 saturated carbocycles. The number of nitrogens with zero attached hydrogens (tertiary/aromatic N) is 1. The van der Waals surface area contributed by atoms with Gasteiger partial charge in [0.2, 0.25) is 5.91 Å². The lowest BCUT2D eigenvalue weighted by atomic mass is 9.98. The van der Waals surface area contributed by atoms with Gasteiger partial charge in [-0.25, -0.2) is 4.39 Å². The number of nitrogens with two attached hydrogens (primary N) is 1. The molecule has 0 atom stereocenters. The van der Waals surface area contributed by atoms with E-state index in [-0.39, 0.29) is 5.82 Å². The molecule has 0 radical (unpaired) electrons. The van der Waals surface area contributed by atoms with Gasteiger partial charge in [-0.1, -0.05) is 17.3 Å². The summed E-state index contributed by atoms with van der Waals surface area (Å²) in [6, 6.07) is 12.9. The van der Waals surface area contributed by atoms with Gasteiger partial charge in [0.25, 0.3) is 0 Å². The number of primary amides is 1. The van der Waals surface area contributed by atoms with Crippen LogP contribution >= 0.6 is 0 Å². The summed E-state index contributed by atoms with van der Waals surface area (Å²) in [5.41, 5.74) is 8.72. The van der Waals surface area contributed by atoms with Crippen LogP contribution in [0.3, 0.4) is 0 Å². The second-order valence-corrected chi connectivity index (χ2v) is 4.91. The van der Waals surface area contributed by atoms with Crippen molar-refractivity contribution < 1.29 is 13.7 Å². The van der Waals surface area contributed by atoms with Gasteiger partial charge in [0, 0.05) is 11.1 Å². The van der Waals surface area contributed by atoms with Crippen LogP contribution in [0.4, 0.5) is 4.39 Å². The lowest BCUT2D eigenvalue weighted by molar-refractivity contribution is 0.100. The molecule has 110 valence electrons. The molecule has 2 aromatic carbocycles. The molecule has 0 aliphatic rings. The molecule has 0 fully saturated rings. The van der Waals surface area contributed by atoms with Gasteiger partial charge in [-0.05, 0) is 48.9 Å². The Morgan fingerprint density at radius 3 is 2.23 bits per heavy atom. The van der Waals surface area contributed by atoms with E-state index in [2.05, 4.69) is 5.16 Å². The number of hydrogen-bond donors (Lipinski definition) is 1. The minimum absolute atomic E-state index is 0.309. The molecule has 0 spiro atoms. The van der Waals surface area contributed by atoms with Gasteiger partial charge in [0.15, 0.2) is 0 Å². The number of carbonyl (C=O) groups excluding carboxylic acids is 1. The third-order valence-electron chi connectivity index (χ3n) is 3.44. The maximum atomic E-state index is 13.1. The molecule has 3 rings (SSSR count). The van der Waals surface area contributed by atoms with Crippen molar-refractivity contribution in [1.29, 1.82) is 0 Å². The summed E-state index contributed by atoms with van der Waals surface area (Å²) in [5.74, 6) is -0.144. The number of hydrogen-bond acceptors (Lipinski definition) is 3. The molecule has 0 saturated heterocycles. The normalized spacial score (nSPS) is 10.6. The van der Waals surface area contributed by atoms with E-state index in [4.69, 9.17) is 10.3 Å². The van der Waals surface area contributed by atoms with Crippen molar-refractivity contribution in [1.82, 2.24) is 5.16 Å². The molecule has 1 amide bonds. The van der Waals surface area contributed by atoms with Crippen LogP contribution < -0.4 is 5.73 Å². The highest BCUT2D eigenvalue weighted by atomic mass is 19.1. The zero-order chi connectivity index (χ0) is 15.7. The Morgan fingerprint density at radius 2 is 1.64 bits per heavy atom. The first-order valence-corrected chi connectivity index (χ1v) is 6.68. The fourth-order valence-corrected chi connectivity index (χ4v) is 2.32. The number of aromatic nitrogens is 1. The monoisotopic (exact) mass is 296 g/mol. The minimum atomic E-state index is -0.479. The van der Waals surface area contributed by atoms with Crippen LogP contribution in [-0.4, -0.2) is 11.1 Å². The Balaban J connectivity index is 2.09. The van der Waals surface area contributed by atoms with E-state index in [1.54, 1.807) is 43.3 Å². The van der Waals surface area contributed by atoms with Gasteiger partial charge in [-0.3, -0.25) is 4.79 Å². The van der Waals surface area contributed by atoms with E-state index >= 15 is 0 Å². The Bertz CT molecular complexity index is 821. The van der Waals surface area contributed by atoms with Gasteiger partial charge in [0.05, 0.1) is 5.56 Å². The molecule has 0 aliphatic carbocycles. The van der Waals surface area contributed by atoms with Crippen LogP contribution in [0.1, 0.15) is 16.1 Å². The van der Waals surface area contributed by atoms with Gasteiger partial charge in [0.1, 0.15) is 17.3 Å². The van der Waals surface area contributed by atoms with E-state index in [0.717, 1.165) is 16.7 Å². The molecule has 0 unspecified atom stereocenters. The number of aryl methyl sites for hydroxylation is 1. The van der Waals surface area contributed by atoms with Crippen LogP contribution in [-0.2, 0) is 0 Å². The highest BCUT2D eigenvalue weighted by Crippen LogP contribution is 2.34. The first-order valence-electron chi connectivity index (χ1n) is 6.68. The second-order valence-electron chi connectivity index (χ2n) is 4.91. The average Bonchev–Trinajstić information content (AvgIpc) is 2.90. The van der Waals surface area contributed by atoms with Crippen molar-refractivity contribution in [2.24, 2.45) is 5.73 Å². The van der Waals surface area contributed by atoms with E-state index in [0.29, 0.717) is 17.0 Å². The standard InChI is InChI=1S/C17H13FN2O2/c1-10-15(11-2-4-13(5-3-11)17(19)21)16(20-22-10)12-6-8-14(18)9-7-12/h2-9H,1H3,(H2,19,21). The summed E-state index contributed by atoms with van der Waals surface area (Å²) in [5, 5.41) is 4.06. The van der Waals surface area contributed by atoms with Crippen molar-refractivity contribution in [3.63, 3.8) is 0 Å². The second kappa shape index (κ2) is 5.44. The molecule has 3 aromatic rings. The predicted octanol–water partition coefficient (Wildman–Crippen LogP) is 3.56. The number of carbonyl (C=O) groups is 1. The Hall–Kier alpha value is -2.95. The lowest BCUT2D eigenvalue weighted by Gasteiger charge is -2.04. The van der Waals surface area contributed by atoms with Crippen LogP contribution in [0.15, 0.2) is 53.1 Å². The lowest BCUT2D eigenvalue weighted by Crippen LogP contribution is -2.10. The number of rotatable bonds is 3. The van der Waals surface area contributed by atoms with Crippen molar-refractivity contribution in [3.8, 4) is 22.4 Å². The third kappa shape index (κ3) is 2.48. The first kappa shape index (κ1) is 14.0. The molecule has 0 bridgehead atoms. The predicted molar refractivity (Wildman–Crippen MR) is 80.6 cm³/mol. The summed E-state index contributed by atoms with van der Waals surface area (Å²) >= 11 is 0. The van der Waals surface area contributed by atoms with Crippen molar-refractivity contribution in [3.05, 3.63) is 65.7 Å². The van der Waals surface area contributed by atoms with Gasteiger partial charge in [-0.15, -0.1) is 0 Å². The van der Waals surface area contributed by atoms with Crippen molar-refractivity contribution >= 4 is 5.91 Å². The van der Waals surface area contributed by atoms with E-state index in [9.17, 15) is 9.18 Å². The first-order chi connectivity index (χ1) is 10.6. The average molecular weight is 296 g/mol. The highest BCUT2D eigenvalue weighted by molar-refractivity contribution is 5.93. The summed E-state index contributed by atoms with van der Waals surface area (Å²) in [4.78, 5) is 11.1. The number of amides is 1. The highest BCUT2D eigenvalue weighted by Gasteiger charge is 2.16. The Morgan fingerprint density at radius 1 is 1.05 bits per heavy atom. The SMILES string of the molecule is Cc1onc(-c2ccc(F)cc2)c1-c1ccc(C(N)=O)cc1. The summed E-state index contributed by atoms with van der Waals surface area (Å²) in [6.07, 6.45) is 0. The van der Waals surface area contributed by atoms with Gasteiger partial charge < -0.3 is 10.3 Å². The van der Waals surface area contributed by atoms with Crippen molar-refractivity contribution in [2.75, 3.05) is 0 Å². The van der Waals surface area contributed by atoms with Crippen LogP contribution in [0.25, 0.3) is 22.4 Å².